The molecule has 1 aromatic carbocycles. The van der Waals surface area contributed by atoms with Gasteiger partial charge in [-0.15, -0.1) is 0 Å². The monoisotopic (exact) mass is 346 g/mol. The van der Waals surface area contributed by atoms with Crippen molar-refractivity contribution in [1.29, 1.82) is 0 Å². The summed E-state index contributed by atoms with van der Waals surface area (Å²) >= 11 is 0. The van der Waals surface area contributed by atoms with Crippen LogP contribution in [0, 0.1) is 13.8 Å². The maximum Gasteiger partial charge on any atom is 0.321 e. The molecule has 0 aliphatic heterocycles. The lowest BCUT2D eigenvalue weighted by Gasteiger charge is -2.18. The number of methoxy groups -OCH3 is 2. The normalized spacial score (nSPS) is 10.5. The van der Waals surface area contributed by atoms with Crippen molar-refractivity contribution < 1.29 is 14.3 Å². The molecular formula is C18H26N4O3. The summed E-state index contributed by atoms with van der Waals surface area (Å²) in [6.45, 7) is 4.63. The minimum absolute atomic E-state index is 0.186. The zero-order chi connectivity index (χ0) is 18.6. The number of carbonyl (C=O) groups is 1. The number of hydrogen-bond acceptors (Lipinski definition) is 4. The van der Waals surface area contributed by atoms with Gasteiger partial charge in [-0.3, -0.25) is 4.68 Å². The Morgan fingerprint density at radius 3 is 2.28 bits per heavy atom. The van der Waals surface area contributed by atoms with Crippen LogP contribution in [0.15, 0.2) is 18.2 Å². The van der Waals surface area contributed by atoms with Crippen molar-refractivity contribution in [2.24, 2.45) is 7.05 Å². The molecule has 7 nitrogen and oxygen atoms in total. The predicted molar refractivity (Wildman–Crippen MR) is 97.6 cm³/mol. The van der Waals surface area contributed by atoms with Crippen LogP contribution in [0.2, 0.25) is 0 Å². The van der Waals surface area contributed by atoms with Crippen molar-refractivity contribution >= 4 is 11.7 Å². The Hall–Kier alpha value is -2.70. The van der Waals surface area contributed by atoms with E-state index in [2.05, 4.69) is 10.4 Å². The van der Waals surface area contributed by atoms with Gasteiger partial charge in [-0.2, -0.15) is 5.10 Å². The second-order valence-electron chi connectivity index (χ2n) is 5.98. The number of anilines is 1. The van der Waals surface area contributed by atoms with Crippen molar-refractivity contribution in [3.05, 3.63) is 35.2 Å². The average Bonchev–Trinajstić information content (AvgIpc) is 2.84. The van der Waals surface area contributed by atoms with Gasteiger partial charge in [0, 0.05) is 50.2 Å². The molecule has 0 bridgehead atoms. The molecule has 0 aliphatic rings. The number of likely N-dealkylation sites (N-methyl/N-ethyl adjacent to an activating group) is 1. The summed E-state index contributed by atoms with van der Waals surface area (Å²) in [6, 6.07) is 5.08. The fraction of sp³-hybridized carbons (Fsp3) is 0.444. The van der Waals surface area contributed by atoms with E-state index < -0.39 is 0 Å². The topological polar surface area (TPSA) is 68.6 Å². The van der Waals surface area contributed by atoms with E-state index in [-0.39, 0.29) is 6.03 Å². The molecule has 0 unspecified atom stereocenters. The Morgan fingerprint density at radius 2 is 1.80 bits per heavy atom. The summed E-state index contributed by atoms with van der Waals surface area (Å²) in [4.78, 5) is 14.1. The Balaban J connectivity index is 2.00. The second kappa shape index (κ2) is 7.92. The number of ether oxygens (including phenoxy) is 2. The van der Waals surface area contributed by atoms with Crippen LogP contribution in [0.1, 0.15) is 17.0 Å². The first-order valence-corrected chi connectivity index (χ1v) is 8.10. The molecule has 0 fully saturated rings. The van der Waals surface area contributed by atoms with Crippen LogP contribution >= 0.6 is 0 Å². The average molecular weight is 346 g/mol. The molecule has 1 heterocycles. The van der Waals surface area contributed by atoms with Crippen LogP contribution < -0.4 is 14.8 Å². The fourth-order valence-electron chi connectivity index (χ4n) is 2.66. The van der Waals surface area contributed by atoms with Crippen LogP contribution in [0.4, 0.5) is 10.5 Å². The number of hydrogen-bond donors (Lipinski definition) is 1. The lowest BCUT2D eigenvalue weighted by molar-refractivity contribution is 0.223. The van der Waals surface area contributed by atoms with Crippen LogP contribution in [-0.2, 0) is 13.5 Å². The zero-order valence-electron chi connectivity index (χ0n) is 15.7. The predicted octanol–water partition coefficient (Wildman–Crippen LogP) is 2.76. The van der Waals surface area contributed by atoms with Crippen molar-refractivity contribution in [1.82, 2.24) is 14.7 Å². The van der Waals surface area contributed by atoms with Crippen LogP contribution in [-0.4, -0.2) is 48.5 Å². The minimum atomic E-state index is -0.186. The first-order valence-electron chi connectivity index (χ1n) is 8.10. The smallest absolute Gasteiger partial charge is 0.321 e. The van der Waals surface area contributed by atoms with E-state index in [1.165, 1.54) is 5.56 Å². The molecule has 0 atom stereocenters. The number of aromatic nitrogens is 2. The largest absolute Gasteiger partial charge is 0.497 e. The number of benzene rings is 1. The summed E-state index contributed by atoms with van der Waals surface area (Å²) < 4.78 is 12.3. The van der Waals surface area contributed by atoms with Gasteiger partial charge >= 0.3 is 6.03 Å². The van der Waals surface area contributed by atoms with E-state index in [0.717, 1.165) is 17.8 Å². The lowest BCUT2D eigenvalue weighted by Crippen LogP contribution is -2.33. The number of nitrogens with one attached hydrogen (secondary N) is 1. The quantitative estimate of drug-likeness (QED) is 0.873. The minimum Gasteiger partial charge on any atom is -0.497 e. The highest BCUT2D eigenvalue weighted by Gasteiger charge is 2.14. The Kier molecular flexibility index (Phi) is 5.90. The zero-order valence-corrected chi connectivity index (χ0v) is 15.7. The summed E-state index contributed by atoms with van der Waals surface area (Å²) in [5.74, 6) is 1.25. The van der Waals surface area contributed by atoms with Gasteiger partial charge in [-0.1, -0.05) is 0 Å². The third-order valence-corrected chi connectivity index (χ3v) is 4.31. The van der Waals surface area contributed by atoms with Crippen LogP contribution in [0.25, 0.3) is 0 Å². The molecule has 0 radical (unpaired) electrons. The van der Waals surface area contributed by atoms with Crippen molar-refractivity contribution in [2.45, 2.75) is 20.3 Å². The maximum absolute atomic E-state index is 12.4. The number of aryl methyl sites for hydroxylation is 2. The summed E-state index contributed by atoms with van der Waals surface area (Å²) in [7, 11) is 6.85. The number of amides is 2. The molecule has 1 N–H and O–H groups in total. The number of carbonyl (C=O) groups excluding carboxylic acids is 1. The molecule has 0 saturated heterocycles. The first kappa shape index (κ1) is 18.6. The van der Waals surface area contributed by atoms with Crippen LogP contribution in [0.5, 0.6) is 11.5 Å². The SMILES string of the molecule is COc1cc(NC(=O)N(C)CCc2c(C)nn(C)c2C)cc(OC)c1. The molecule has 2 aromatic rings. The molecular weight excluding hydrogens is 320 g/mol. The first-order chi connectivity index (χ1) is 11.8. The molecule has 2 amide bonds. The molecule has 0 spiro atoms. The molecule has 2 rings (SSSR count). The summed E-state index contributed by atoms with van der Waals surface area (Å²) in [6.07, 6.45) is 0.761. The fourth-order valence-corrected chi connectivity index (χ4v) is 2.66. The van der Waals surface area contributed by atoms with Gasteiger partial charge < -0.3 is 19.7 Å². The Morgan fingerprint density at radius 1 is 1.20 bits per heavy atom. The Labute approximate surface area is 148 Å². The van der Waals surface area contributed by atoms with Gasteiger partial charge in [0.05, 0.1) is 19.9 Å². The summed E-state index contributed by atoms with van der Waals surface area (Å²) in [5.41, 5.74) is 3.95. The highest BCUT2D eigenvalue weighted by atomic mass is 16.5. The summed E-state index contributed by atoms with van der Waals surface area (Å²) in [5, 5.41) is 7.28. The standard InChI is InChI=1S/C18H26N4O3/c1-12-17(13(2)22(4)20-12)7-8-21(3)18(23)19-14-9-15(24-5)11-16(10-14)25-6/h9-11H,7-8H2,1-6H3,(H,19,23). The van der Waals surface area contributed by atoms with Crippen molar-refractivity contribution in [2.75, 3.05) is 33.1 Å². The van der Waals surface area contributed by atoms with Crippen molar-refractivity contribution in [3.8, 4) is 11.5 Å². The molecule has 25 heavy (non-hydrogen) atoms. The van der Waals surface area contributed by atoms with Gasteiger partial charge in [0.2, 0.25) is 0 Å². The van der Waals surface area contributed by atoms with Crippen LogP contribution in [0.3, 0.4) is 0 Å². The molecule has 7 heteroatoms. The van der Waals surface area contributed by atoms with E-state index in [9.17, 15) is 4.79 Å². The van der Waals surface area contributed by atoms with Gasteiger partial charge in [0.25, 0.3) is 0 Å². The van der Waals surface area contributed by atoms with Gasteiger partial charge in [-0.05, 0) is 25.8 Å². The Bertz CT molecular complexity index is 733. The van der Waals surface area contributed by atoms with E-state index in [4.69, 9.17) is 9.47 Å². The molecule has 1 aromatic heterocycles. The highest BCUT2D eigenvalue weighted by molar-refractivity contribution is 5.89. The van der Waals surface area contributed by atoms with Gasteiger partial charge in [-0.25, -0.2) is 4.79 Å². The van der Waals surface area contributed by atoms with Crippen molar-refractivity contribution in [3.63, 3.8) is 0 Å². The number of rotatable bonds is 6. The molecule has 0 aliphatic carbocycles. The lowest BCUT2D eigenvalue weighted by atomic mass is 10.1. The highest BCUT2D eigenvalue weighted by Crippen LogP contribution is 2.26. The van der Waals surface area contributed by atoms with Gasteiger partial charge in [0.1, 0.15) is 11.5 Å². The molecule has 136 valence electrons. The van der Waals surface area contributed by atoms with E-state index in [0.29, 0.717) is 23.7 Å². The van der Waals surface area contributed by atoms with E-state index >= 15 is 0 Å². The van der Waals surface area contributed by atoms with Gasteiger partial charge in [0.15, 0.2) is 0 Å². The third-order valence-electron chi connectivity index (χ3n) is 4.31. The van der Waals surface area contributed by atoms with E-state index in [1.54, 1.807) is 44.4 Å². The van der Waals surface area contributed by atoms with E-state index in [1.807, 2.05) is 25.6 Å². The molecule has 0 saturated carbocycles. The second-order valence-corrected chi connectivity index (χ2v) is 5.98. The third kappa shape index (κ3) is 4.43. The number of nitrogens with zero attached hydrogens (tertiary/aromatic N) is 3. The maximum atomic E-state index is 12.4. The number of urea groups is 1.